The van der Waals surface area contributed by atoms with Gasteiger partial charge in [-0.3, -0.25) is 15.1 Å². The van der Waals surface area contributed by atoms with Gasteiger partial charge in [-0.2, -0.15) is 0 Å². The molecule has 0 aliphatic heterocycles. The molecule has 1 unspecified atom stereocenters. The molecule has 1 aliphatic carbocycles. The van der Waals surface area contributed by atoms with E-state index in [9.17, 15) is 4.79 Å². The standard InChI is InChI=1S/C12H25N3O/c1-3-5-9-15(10-7-8-10)11(6-4-2)12(16)14-13/h10-11H,3-9,13H2,1-2H3,(H,14,16). The number of hydrazine groups is 1. The first-order valence-corrected chi connectivity index (χ1v) is 6.50. The first kappa shape index (κ1) is 13.5. The zero-order valence-corrected chi connectivity index (χ0v) is 10.5. The fourth-order valence-corrected chi connectivity index (χ4v) is 2.16. The van der Waals surface area contributed by atoms with Crippen LogP contribution in [0.1, 0.15) is 52.4 Å². The van der Waals surface area contributed by atoms with Gasteiger partial charge in [0.05, 0.1) is 6.04 Å². The lowest BCUT2D eigenvalue weighted by molar-refractivity contribution is -0.127. The Morgan fingerprint density at radius 2 is 2.12 bits per heavy atom. The van der Waals surface area contributed by atoms with E-state index < -0.39 is 0 Å². The third-order valence-electron chi connectivity index (χ3n) is 3.19. The molecule has 1 aliphatic rings. The van der Waals surface area contributed by atoms with E-state index >= 15 is 0 Å². The number of rotatable bonds is 8. The van der Waals surface area contributed by atoms with Crippen molar-refractivity contribution in [3.63, 3.8) is 0 Å². The van der Waals surface area contributed by atoms with Crippen LogP contribution in [-0.4, -0.2) is 29.4 Å². The van der Waals surface area contributed by atoms with E-state index in [1.807, 2.05) is 0 Å². The summed E-state index contributed by atoms with van der Waals surface area (Å²) < 4.78 is 0. The molecule has 0 aromatic heterocycles. The molecular formula is C12H25N3O. The Morgan fingerprint density at radius 1 is 1.44 bits per heavy atom. The zero-order chi connectivity index (χ0) is 12.0. The van der Waals surface area contributed by atoms with E-state index in [-0.39, 0.29) is 11.9 Å². The molecule has 3 N–H and O–H groups in total. The smallest absolute Gasteiger partial charge is 0.251 e. The highest BCUT2D eigenvalue weighted by Crippen LogP contribution is 2.30. The Labute approximate surface area is 98.5 Å². The van der Waals surface area contributed by atoms with Crippen LogP contribution in [0.3, 0.4) is 0 Å². The molecule has 0 radical (unpaired) electrons. The Bertz CT molecular complexity index is 216. The molecule has 4 nitrogen and oxygen atoms in total. The Kier molecular flexibility index (Phi) is 5.77. The van der Waals surface area contributed by atoms with E-state index in [0.29, 0.717) is 6.04 Å². The largest absolute Gasteiger partial charge is 0.293 e. The molecule has 0 aromatic rings. The van der Waals surface area contributed by atoms with Gasteiger partial charge in [0, 0.05) is 6.04 Å². The molecule has 1 rings (SSSR count). The van der Waals surface area contributed by atoms with Crippen molar-refractivity contribution in [3.8, 4) is 0 Å². The van der Waals surface area contributed by atoms with Gasteiger partial charge < -0.3 is 0 Å². The van der Waals surface area contributed by atoms with Gasteiger partial charge in [-0.05, 0) is 32.2 Å². The summed E-state index contributed by atoms with van der Waals surface area (Å²) in [6, 6.07) is 0.606. The summed E-state index contributed by atoms with van der Waals surface area (Å²) in [5.41, 5.74) is 2.31. The molecule has 0 heterocycles. The highest BCUT2D eigenvalue weighted by molar-refractivity contribution is 5.81. The van der Waals surface area contributed by atoms with Crippen molar-refractivity contribution in [3.05, 3.63) is 0 Å². The van der Waals surface area contributed by atoms with Crippen molar-refractivity contribution in [2.45, 2.75) is 64.5 Å². The molecular weight excluding hydrogens is 202 g/mol. The average Bonchev–Trinajstić information content (AvgIpc) is 3.11. The van der Waals surface area contributed by atoms with Crippen molar-refractivity contribution >= 4 is 5.91 Å². The van der Waals surface area contributed by atoms with Gasteiger partial charge in [0.1, 0.15) is 0 Å². The lowest BCUT2D eigenvalue weighted by atomic mass is 10.1. The minimum absolute atomic E-state index is 0.0194. The second kappa shape index (κ2) is 6.86. The van der Waals surface area contributed by atoms with Crippen molar-refractivity contribution in [2.75, 3.05) is 6.54 Å². The Morgan fingerprint density at radius 3 is 2.56 bits per heavy atom. The van der Waals surface area contributed by atoms with Crippen molar-refractivity contribution in [1.82, 2.24) is 10.3 Å². The lowest BCUT2D eigenvalue weighted by Gasteiger charge is -2.30. The minimum Gasteiger partial charge on any atom is -0.293 e. The van der Waals surface area contributed by atoms with Gasteiger partial charge in [-0.25, -0.2) is 5.84 Å². The van der Waals surface area contributed by atoms with Crippen LogP contribution in [0.4, 0.5) is 0 Å². The molecule has 0 bridgehead atoms. The van der Waals surface area contributed by atoms with Gasteiger partial charge >= 0.3 is 0 Å². The highest BCUT2D eigenvalue weighted by Gasteiger charge is 2.35. The second-order valence-corrected chi connectivity index (χ2v) is 4.64. The van der Waals surface area contributed by atoms with E-state index in [4.69, 9.17) is 5.84 Å². The van der Waals surface area contributed by atoms with E-state index in [1.54, 1.807) is 0 Å². The number of amides is 1. The van der Waals surface area contributed by atoms with E-state index in [0.717, 1.165) is 25.8 Å². The SMILES string of the molecule is CCCCN(C1CC1)C(CCC)C(=O)NN. The summed E-state index contributed by atoms with van der Waals surface area (Å²) in [6.07, 6.45) is 6.74. The first-order valence-electron chi connectivity index (χ1n) is 6.50. The molecule has 0 spiro atoms. The maximum atomic E-state index is 11.8. The molecule has 0 saturated heterocycles. The van der Waals surface area contributed by atoms with Crippen molar-refractivity contribution in [1.29, 1.82) is 0 Å². The molecule has 1 amide bonds. The van der Waals surface area contributed by atoms with Crippen LogP contribution >= 0.6 is 0 Å². The number of nitrogens with one attached hydrogen (secondary N) is 1. The quantitative estimate of drug-likeness (QED) is 0.374. The Balaban J connectivity index is 2.58. The van der Waals surface area contributed by atoms with Gasteiger partial charge in [0.2, 0.25) is 0 Å². The fourth-order valence-electron chi connectivity index (χ4n) is 2.16. The van der Waals surface area contributed by atoms with Crippen LogP contribution in [0.25, 0.3) is 0 Å². The number of carbonyl (C=O) groups is 1. The molecule has 1 atom stereocenters. The second-order valence-electron chi connectivity index (χ2n) is 4.64. The third-order valence-corrected chi connectivity index (χ3v) is 3.19. The Hall–Kier alpha value is -0.610. The van der Waals surface area contributed by atoms with Gasteiger partial charge in [0.25, 0.3) is 5.91 Å². The predicted molar refractivity (Wildman–Crippen MR) is 65.7 cm³/mol. The highest BCUT2D eigenvalue weighted by atomic mass is 16.2. The first-order chi connectivity index (χ1) is 7.74. The lowest BCUT2D eigenvalue weighted by Crippen LogP contribution is -2.50. The third kappa shape index (κ3) is 3.76. The van der Waals surface area contributed by atoms with E-state index in [1.165, 1.54) is 19.3 Å². The van der Waals surface area contributed by atoms with Crippen LogP contribution in [0.5, 0.6) is 0 Å². The minimum atomic E-state index is -0.0233. The molecule has 16 heavy (non-hydrogen) atoms. The van der Waals surface area contributed by atoms with Crippen LogP contribution in [-0.2, 0) is 4.79 Å². The molecule has 94 valence electrons. The van der Waals surface area contributed by atoms with Crippen LogP contribution in [0.15, 0.2) is 0 Å². The fraction of sp³-hybridized carbons (Fsp3) is 0.917. The number of carbonyl (C=O) groups excluding carboxylic acids is 1. The van der Waals surface area contributed by atoms with Gasteiger partial charge in [-0.1, -0.05) is 26.7 Å². The zero-order valence-electron chi connectivity index (χ0n) is 10.5. The summed E-state index contributed by atoms with van der Waals surface area (Å²) in [4.78, 5) is 14.1. The summed E-state index contributed by atoms with van der Waals surface area (Å²) in [7, 11) is 0. The maximum Gasteiger partial charge on any atom is 0.251 e. The monoisotopic (exact) mass is 227 g/mol. The van der Waals surface area contributed by atoms with Crippen LogP contribution < -0.4 is 11.3 Å². The predicted octanol–water partition coefficient (Wildman–Crippen LogP) is 1.41. The normalized spacial score (nSPS) is 17.5. The van der Waals surface area contributed by atoms with Gasteiger partial charge in [0.15, 0.2) is 0 Å². The molecule has 1 saturated carbocycles. The maximum absolute atomic E-state index is 11.8. The summed E-state index contributed by atoms with van der Waals surface area (Å²) in [5, 5.41) is 0. The topological polar surface area (TPSA) is 58.4 Å². The number of nitrogens with zero attached hydrogens (tertiary/aromatic N) is 1. The average molecular weight is 227 g/mol. The number of hydrogen-bond donors (Lipinski definition) is 2. The van der Waals surface area contributed by atoms with Crippen molar-refractivity contribution < 1.29 is 4.79 Å². The van der Waals surface area contributed by atoms with Gasteiger partial charge in [-0.15, -0.1) is 0 Å². The van der Waals surface area contributed by atoms with Crippen LogP contribution in [0.2, 0.25) is 0 Å². The molecule has 0 aromatic carbocycles. The molecule has 1 fully saturated rings. The van der Waals surface area contributed by atoms with E-state index in [2.05, 4.69) is 24.2 Å². The number of hydrogen-bond acceptors (Lipinski definition) is 3. The summed E-state index contributed by atoms with van der Waals surface area (Å²) in [5.74, 6) is 5.24. The summed E-state index contributed by atoms with van der Waals surface area (Å²) in [6.45, 7) is 5.32. The molecule has 4 heteroatoms. The number of nitrogens with two attached hydrogens (primary N) is 1. The number of unbranched alkanes of at least 4 members (excludes halogenated alkanes) is 1. The van der Waals surface area contributed by atoms with Crippen LogP contribution in [0, 0.1) is 0 Å². The summed E-state index contributed by atoms with van der Waals surface area (Å²) >= 11 is 0. The van der Waals surface area contributed by atoms with Crippen molar-refractivity contribution in [2.24, 2.45) is 5.84 Å².